The summed E-state index contributed by atoms with van der Waals surface area (Å²) >= 11 is 0. The molecule has 3 aromatic rings. The van der Waals surface area contributed by atoms with Gasteiger partial charge in [-0.05, 0) is 23.8 Å². The Hall–Kier alpha value is -4.00. The first-order chi connectivity index (χ1) is 15.0. The standard InChI is InChI=1S/C24H22N2O5/c1-30-24(29)21(15-17-7-3-2-4-8-17)26-22(27)16-31-23(28)14-13-19-12-11-18-9-5-6-10-20(18)25-19/h2-14,21H,15-16H2,1H3,(H,26,27)/b14-13+/t21-/m0/s1. The Morgan fingerprint density at radius 1 is 1.00 bits per heavy atom. The number of hydrogen-bond donors (Lipinski definition) is 1. The van der Waals surface area contributed by atoms with E-state index in [1.807, 2.05) is 60.7 Å². The van der Waals surface area contributed by atoms with E-state index < -0.39 is 30.5 Å². The number of methoxy groups -OCH3 is 1. The average Bonchev–Trinajstić information content (AvgIpc) is 2.81. The molecule has 3 rings (SSSR count). The molecule has 0 fully saturated rings. The predicted molar refractivity (Wildman–Crippen MR) is 116 cm³/mol. The SMILES string of the molecule is COC(=O)[C@H](Cc1ccccc1)NC(=O)COC(=O)/C=C/c1ccc2ccccc2n1. The van der Waals surface area contributed by atoms with Gasteiger partial charge in [0, 0.05) is 17.9 Å². The van der Waals surface area contributed by atoms with Crippen molar-refractivity contribution < 1.29 is 23.9 Å². The summed E-state index contributed by atoms with van der Waals surface area (Å²) in [6.45, 7) is -0.517. The summed E-state index contributed by atoms with van der Waals surface area (Å²) in [6.07, 6.45) is 2.98. The number of amides is 1. The van der Waals surface area contributed by atoms with Gasteiger partial charge in [0.15, 0.2) is 6.61 Å². The van der Waals surface area contributed by atoms with Crippen molar-refractivity contribution in [1.82, 2.24) is 10.3 Å². The maximum Gasteiger partial charge on any atom is 0.331 e. The first kappa shape index (κ1) is 21.7. The number of nitrogens with zero attached hydrogens (tertiary/aromatic N) is 1. The second-order valence-corrected chi connectivity index (χ2v) is 6.70. The topological polar surface area (TPSA) is 94.6 Å². The lowest BCUT2D eigenvalue weighted by atomic mass is 10.1. The Kier molecular flexibility index (Phi) is 7.48. The van der Waals surface area contributed by atoms with E-state index in [-0.39, 0.29) is 6.42 Å². The van der Waals surface area contributed by atoms with E-state index in [1.165, 1.54) is 19.3 Å². The molecule has 1 amide bonds. The molecule has 0 saturated heterocycles. The van der Waals surface area contributed by atoms with Gasteiger partial charge in [0.05, 0.1) is 18.3 Å². The second kappa shape index (κ2) is 10.7. The van der Waals surface area contributed by atoms with E-state index in [9.17, 15) is 14.4 Å². The van der Waals surface area contributed by atoms with Crippen molar-refractivity contribution in [3.63, 3.8) is 0 Å². The zero-order chi connectivity index (χ0) is 22.1. The summed E-state index contributed by atoms with van der Waals surface area (Å²) < 4.78 is 9.71. The minimum absolute atomic E-state index is 0.265. The lowest BCUT2D eigenvalue weighted by Gasteiger charge is -2.16. The number of hydrogen-bond acceptors (Lipinski definition) is 6. The van der Waals surface area contributed by atoms with E-state index in [0.29, 0.717) is 5.69 Å². The summed E-state index contributed by atoms with van der Waals surface area (Å²) in [7, 11) is 1.25. The maximum absolute atomic E-state index is 12.2. The molecule has 0 saturated carbocycles. The van der Waals surface area contributed by atoms with Gasteiger partial charge in [-0.2, -0.15) is 0 Å². The number of nitrogens with one attached hydrogen (secondary N) is 1. The van der Waals surface area contributed by atoms with Gasteiger partial charge in [0.25, 0.3) is 5.91 Å². The number of carbonyl (C=O) groups is 3. The number of ether oxygens (including phenoxy) is 2. The van der Waals surface area contributed by atoms with Crippen molar-refractivity contribution in [2.45, 2.75) is 12.5 Å². The van der Waals surface area contributed by atoms with Crippen molar-refractivity contribution >= 4 is 34.8 Å². The molecule has 1 aromatic heterocycles. The van der Waals surface area contributed by atoms with Crippen molar-refractivity contribution in [1.29, 1.82) is 0 Å². The van der Waals surface area contributed by atoms with Crippen molar-refractivity contribution in [2.24, 2.45) is 0 Å². The molecule has 7 heteroatoms. The minimum atomic E-state index is -0.879. The van der Waals surface area contributed by atoms with Crippen molar-refractivity contribution in [2.75, 3.05) is 13.7 Å². The molecule has 1 heterocycles. The number of aromatic nitrogens is 1. The van der Waals surface area contributed by atoms with Gasteiger partial charge in [0.2, 0.25) is 0 Å². The fourth-order valence-electron chi connectivity index (χ4n) is 2.93. The molecule has 7 nitrogen and oxygen atoms in total. The Morgan fingerprint density at radius 3 is 2.52 bits per heavy atom. The summed E-state index contributed by atoms with van der Waals surface area (Å²) in [6, 6.07) is 19.7. The Morgan fingerprint density at radius 2 is 1.74 bits per heavy atom. The van der Waals surface area contributed by atoms with Crippen LogP contribution in [0.15, 0.2) is 72.8 Å². The fourth-order valence-corrected chi connectivity index (χ4v) is 2.93. The number of fused-ring (bicyclic) bond motifs is 1. The maximum atomic E-state index is 12.2. The quantitative estimate of drug-likeness (QED) is 0.447. The van der Waals surface area contributed by atoms with E-state index in [0.717, 1.165) is 16.5 Å². The molecular weight excluding hydrogens is 396 g/mol. The van der Waals surface area contributed by atoms with Crippen LogP contribution in [0.25, 0.3) is 17.0 Å². The highest BCUT2D eigenvalue weighted by Crippen LogP contribution is 2.12. The highest BCUT2D eigenvalue weighted by atomic mass is 16.5. The average molecular weight is 418 g/mol. The van der Waals surface area contributed by atoms with Crippen LogP contribution in [0.4, 0.5) is 0 Å². The number of para-hydroxylation sites is 1. The summed E-state index contributed by atoms with van der Waals surface area (Å²) in [5.41, 5.74) is 2.26. The van der Waals surface area contributed by atoms with Crippen LogP contribution in [0.3, 0.4) is 0 Å². The lowest BCUT2D eigenvalue weighted by Crippen LogP contribution is -2.44. The largest absolute Gasteiger partial charge is 0.467 e. The number of pyridine rings is 1. The van der Waals surface area contributed by atoms with E-state index in [1.54, 1.807) is 6.07 Å². The van der Waals surface area contributed by atoms with Gasteiger partial charge in [0.1, 0.15) is 6.04 Å². The third kappa shape index (κ3) is 6.50. The molecule has 0 radical (unpaired) electrons. The van der Waals surface area contributed by atoms with Crippen LogP contribution >= 0.6 is 0 Å². The van der Waals surface area contributed by atoms with Crippen molar-refractivity contribution in [3.8, 4) is 0 Å². The molecule has 0 aliphatic rings. The van der Waals surface area contributed by atoms with Crippen molar-refractivity contribution in [3.05, 3.63) is 84.1 Å². The van der Waals surface area contributed by atoms with Gasteiger partial charge in [-0.25, -0.2) is 14.6 Å². The van der Waals surface area contributed by atoms with Gasteiger partial charge < -0.3 is 14.8 Å². The molecule has 0 spiro atoms. The first-order valence-corrected chi connectivity index (χ1v) is 9.67. The van der Waals surface area contributed by atoms with Gasteiger partial charge in [-0.15, -0.1) is 0 Å². The highest BCUT2D eigenvalue weighted by molar-refractivity contribution is 5.90. The smallest absolute Gasteiger partial charge is 0.331 e. The summed E-state index contributed by atoms with van der Waals surface area (Å²) in [5.74, 6) is -1.87. The normalized spacial score (nSPS) is 11.8. The first-order valence-electron chi connectivity index (χ1n) is 9.67. The second-order valence-electron chi connectivity index (χ2n) is 6.70. The molecule has 0 aliphatic heterocycles. The lowest BCUT2D eigenvalue weighted by molar-refractivity contribution is -0.147. The van der Waals surface area contributed by atoms with E-state index >= 15 is 0 Å². The molecule has 0 bridgehead atoms. The summed E-state index contributed by atoms with van der Waals surface area (Å²) in [5, 5.41) is 3.53. The van der Waals surface area contributed by atoms with Crippen LogP contribution in [0.2, 0.25) is 0 Å². The molecule has 0 unspecified atom stereocenters. The Labute approximate surface area is 179 Å². The number of carbonyl (C=O) groups excluding carboxylic acids is 3. The number of esters is 2. The van der Waals surface area contributed by atoms with Crippen LogP contribution in [-0.4, -0.2) is 42.6 Å². The Balaban J connectivity index is 1.52. The zero-order valence-corrected chi connectivity index (χ0v) is 17.0. The minimum Gasteiger partial charge on any atom is -0.467 e. The highest BCUT2D eigenvalue weighted by Gasteiger charge is 2.22. The van der Waals surface area contributed by atoms with Crippen LogP contribution < -0.4 is 5.32 Å². The molecule has 1 N–H and O–H groups in total. The third-order valence-electron chi connectivity index (χ3n) is 4.46. The van der Waals surface area contributed by atoms with Gasteiger partial charge in [-0.1, -0.05) is 54.6 Å². The van der Waals surface area contributed by atoms with Crippen LogP contribution in [-0.2, 0) is 30.3 Å². The van der Waals surface area contributed by atoms with E-state index in [2.05, 4.69) is 10.3 Å². The number of rotatable bonds is 8. The zero-order valence-electron chi connectivity index (χ0n) is 17.0. The summed E-state index contributed by atoms with van der Waals surface area (Å²) in [4.78, 5) is 40.5. The molecule has 0 aliphatic carbocycles. The fraction of sp³-hybridized carbons (Fsp3) is 0.167. The molecular formula is C24H22N2O5. The van der Waals surface area contributed by atoms with Gasteiger partial charge in [-0.3, -0.25) is 4.79 Å². The van der Waals surface area contributed by atoms with Crippen LogP contribution in [0.1, 0.15) is 11.3 Å². The van der Waals surface area contributed by atoms with E-state index in [4.69, 9.17) is 9.47 Å². The van der Waals surface area contributed by atoms with Gasteiger partial charge >= 0.3 is 11.9 Å². The third-order valence-corrected chi connectivity index (χ3v) is 4.46. The molecule has 1 atom stereocenters. The van der Waals surface area contributed by atoms with Crippen LogP contribution in [0, 0.1) is 0 Å². The number of benzene rings is 2. The van der Waals surface area contributed by atoms with Crippen LogP contribution in [0.5, 0.6) is 0 Å². The molecule has 2 aromatic carbocycles. The molecule has 158 valence electrons. The molecule has 31 heavy (non-hydrogen) atoms. The predicted octanol–water partition coefficient (Wildman–Crippen LogP) is 2.69. The monoisotopic (exact) mass is 418 g/mol. The Bertz CT molecular complexity index is 1100.